The first-order valence-corrected chi connectivity index (χ1v) is 6.60. The van der Waals surface area contributed by atoms with Crippen LogP contribution >= 0.6 is 0 Å². The molecule has 1 fully saturated rings. The molecule has 1 atom stereocenters. The van der Waals surface area contributed by atoms with Gasteiger partial charge in [-0.25, -0.2) is 4.98 Å². The highest BCUT2D eigenvalue weighted by atomic mass is 15.2. The third-order valence-electron chi connectivity index (χ3n) is 3.47. The lowest BCUT2D eigenvalue weighted by atomic mass is 10.0. The van der Waals surface area contributed by atoms with Crippen molar-refractivity contribution in [1.82, 2.24) is 9.88 Å². The van der Waals surface area contributed by atoms with Crippen LogP contribution in [-0.2, 0) is 0 Å². The summed E-state index contributed by atoms with van der Waals surface area (Å²) in [5.41, 5.74) is 1.39. The second-order valence-electron chi connectivity index (χ2n) is 5.00. The molecule has 0 saturated carbocycles. The molecule has 0 unspecified atom stereocenters. The molecule has 0 radical (unpaired) electrons. The minimum Gasteiger partial charge on any atom is -0.362 e. The summed E-state index contributed by atoms with van der Waals surface area (Å²) >= 11 is 0. The van der Waals surface area contributed by atoms with Gasteiger partial charge < -0.3 is 4.90 Å². The van der Waals surface area contributed by atoms with Gasteiger partial charge in [0.25, 0.3) is 0 Å². The minimum atomic E-state index is 0.570. The van der Waals surface area contributed by atoms with Gasteiger partial charge in [-0.3, -0.25) is 4.90 Å². The first-order chi connectivity index (χ1) is 8.24. The Bertz CT molecular complexity index is 362. The predicted molar refractivity (Wildman–Crippen MR) is 72.4 cm³/mol. The highest BCUT2D eigenvalue weighted by Gasteiger charge is 2.27. The van der Waals surface area contributed by atoms with Gasteiger partial charge in [-0.2, -0.15) is 0 Å². The van der Waals surface area contributed by atoms with Crippen LogP contribution < -0.4 is 4.90 Å². The second kappa shape index (κ2) is 5.50. The van der Waals surface area contributed by atoms with Gasteiger partial charge in [-0.1, -0.05) is 13.0 Å². The summed E-state index contributed by atoms with van der Waals surface area (Å²) in [4.78, 5) is 9.24. The van der Waals surface area contributed by atoms with Gasteiger partial charge in [0.2, 0.25) is 0 Å². The van der Waals surface area contributed by atoms with Crippen molar-refractivity contribution in [3.63, 3.8) is 0 Å². The zero-order valence-corrected chi connectivity index (χ0v) is 11.2. The molecule has 3 nitrogen and oxygen atoms in total. The Morgan fingerprint density at radius 3 is 3.00 bits per heavy atom. The number of aromatic nitrogens is 1. The third kappa shape index (κ3) is 2.60. The quantitative estimate of drug-likeness (QED) is 0.797. The maximum absolute atomic E-state index is 4.52. The number of hydrogen-bond acceptors (Lipinski definition) is 3. The maximum atomic E-state index is 4.52. The molecule has 2 heterocycles. The van der Waals surface area contributed by atoms with E-state index in [4.69, 9.17) is 0 Å². The van der Waals surface area contributed by atoms with E-state index >= 15 is 0 Å². The topological polar surface area (TPSA) is 19.4 Å². The Hall–Kier alpha value is -1.09. The van der Waals surface area contributed by atoms with Crippen molar-refractivity contribution in [3.05, 3.63) is 23.9 Å². The Morgan fingerprint density at radius 1 is 1.47 bits per heavy atom. The average Bonchev–Trinajstić information content (AvgIpc) is 2.77. The lowest BCUT2D eigenvalue weighted by molar-refractivity contribution is 0.258. The molecule has 0 N–H and O–H groups in total. The molecule has 0 aromatic carbocycles. The Kier molecular flexibility index (Phi) is 4.00. The van der Waals surface area contributed by atoms with E-state index in [1.54, 1.807) is 0 Å². The van der Waals surface area contributed by atoms with Crippen LogP contribution in [0.2, 0.25) is 0 Å². The molecule has 1 aromatic rings. The van der Waals surface area contributed by atoms with Crippen molar-refractivity contribution in [2.45, 2.75) is 32.2 Å². The van der Waals surface area contributed by atoms with Gasteiger partial charge in [-0.05, 0) is 38.4 Å². The van der Waals surface area contributed by atoms with Crippen LogP contribution in [0.15, 0.2) is 18.3 Å². The van der Waals surface area contributed by atoms with E-state index in [-0.39, 0.29) is 0 Å². The molecule has 1 aromatic heterocycles. The Morgan fingerprint density at radius 2 is 2.29 bits per heavy atom. The van der Waals surface area contributed by atoms with E-state index in [0.717, 1.165) is 5.82 Å². The summed E-state index contributed by atoms with van der Waals surface area (Å²) in [6, 6.07) is 4.87. The molecule has 0 spiro atoms. The summed E-state index contributed by atoms with van der Waals surface area (Å²) < 4.78 is 0. The van der Waals surface area contributed by atoms with Gasteiger partial charge in [-0.15, -0.1) is 0 Å². The van der Waals surface area contributed by atoms with Crippen LogP contribution in [0.1, 0.15) is 37.8 Å². The lowest BCUT2D eigenvalue weighted by Crippen LogP contribution is -2.26. The van der Waals surface area contributed by atoms with Gasteiger partial charge in [0, 0.05) is 31.9 Å². The fourth-order valence-electron chi connectivity index (χ4n) is 2.78. The van der Waals surface area contributed by atoms with Gasteiger partial charge in [0.1, 0.15) is 5.82 Å². The maximum Gasteiger partial charge on any atom is 0.132 e. The number of likely N-dealkylation sites (tertiary alicyclic amines) is 1. The first kappa shape index (κ1) is 12.4. The highest BCUT2D eigenvalue weighted by Crippen LogP contribution is 2.35. The molecule has 2 rings (SSSR count). The normalized spacial score (nSPS) is 20.8. The standard InChI is InChI=1S/C14H23N3/c1-4-10-17-11-6-8-13(17)12-7-5-9-15-14(12)16(2)3/h5,7,9,13H,4,6,8,10-11H2,1-3H3/t13-/m0/s1. The number of pyridine rings is 1. The smallest absolute Gasteiger partial charge is 0.132 e. The van der Waals surface area contributed by atoms with Crippen LogP contribution in [0.3, 0.4) is 0 Å². The molecule has 94 valence electrons. The van der Waals surface area contributed by atoms with Crippen LogP contribution in [0.5, 0.6) is 0 Å². The van der Waals surface area contributed by atoms with E-state index in [2.05, 4.69) is 47.9 Å². The Labute approximate surface area is 104 Å². The van der Waals surface area contributed by atoms with E-state index in [9.17, 15) is 0 Å². The summed E-state index contributed by atoms with van der Waals surface area (Å²) in [6.45, 7) is 4.69. The van der Waals surface area contributed by atoms with Crippen molar-refractivity contribution in [3.8, 4) is 0 Å². The number of nitrogens with zero attached hydrogens (tertiary/aromatic N) is 3. The lowest BCUT2D eigenvalue weighted by Gasteiger charge is -2.27. The van der Waals surface area contributed by atoms with Crippen molar-refractivity contribution in [2.24, 2.45) is 0 Å². The summed E-state index contributed by atoms with van der Waals surface area (Å²) in [7, 11) is 4.15. The van der Waals surface area contributed by atoms with Crippen molar-refractivity contribution < 1.29 is 0 Å². The third-order valence-corrected chi connectivity index (χ3v) is 3.47. The first-order valence-electron chi connectivity index (χ1n) is 6.60. The van der Waals surface area contributed by atoms with Crippen molar-refractivity contribution in [2.75, 3.05) is 32.1 Å². The zero-order valence-electron chi connectivity index (χ0n) is 11.2. The van der Waals surface area contributed by atoms with Crippen LogP contribution in [-0.4, -0.2) is 37.1 Å². The largest absolute Gasteiger partial charge is 0.362 e. The summed E-state index contributed by atoms with van der Waals surface area (Å²) in [5, 5.41) is 0. The predicted octanol–water partition coefficient (Wildman–Crippen LogP) is 2.69. The van der Waals surface area contributed by atoms with Crippen LogP contribution in [0, 0.1) is 0 Å². The van der Waals surface area contributed by atoms with E-state index in [1.165, 1.54) is 37.9 Å². The SMILES string of the molecule is CCCN1CCC[C@H]1c1cccnc1N(C)C. The fourth-order valence-corrected chi connectivity index (χ4v) is 2.78. The zero-order chi connectivity index (χ0) is 12.3. The molecular weight excluding hydrogens is 210 g/mol. The molecule has 1 saturated heterocycles. The molecule has 0 aliphatic carbocycles. The summed E-state index contributed by atoms with van der Waals surface area (Å²) in [5.74, 6) is 1.13. The number of rotatable bonds is 4. The fraction of sp³-hybridized carbons (Fsp3) is 0.643. The van der Waals surface area contributed by atoms with E-state index < -0.39 is 0 Å². The number of anilines is 1. The molecule has 0 amide bonds. The molecule has 1 aliphatic heterocycles. The molecule has 17 heavy (non-hydrogen) atoms. The van der Waals surface area contributed by atoms with Gasteiger partial charge in [0.05, 0.1) is 0 Å². The summed E-state index contributed by atoms with van der Waals surface area (Å²) in [6.07, 6.45) is 5.70. The van der Waals surface area contributed by atoms with Crippen molar-refractivity contribution in [1.29, 1.82) is 0 Å². The molecule has 1 aliphatic rings. The second-order valence-corrected chi connectivity index (χ2v) is 5.00. The molecular formula is C14H23N3. The van der Waals surface area contributed by atoms with E-state index in [0.29, 0.717) is 6.04 Å². The monoisotopic (exact) mass is 233 g/mol. The van der Waals surface area contributed by atoms with Crippen LogP contribution in [0.4, 0.5) is 5.82 Å². The molecule has 0 bridgehead atoms. The molecule has 3 heteroatoms. The van der Waals surface area contributed by atoms with Gasteiger partial charge >= 0.3 is 0 Å². The average molecular weight is 233 g/mol. The van der Waals surface area contributed by atoms with Gasteiger partial charge in [0.15, 0.2) is 0 Å². The Balaban J connectivity index is 2.26. The number of hydrogen-bond donors (Lipinski definition) is 0. The van der Waals surface area contributed by atoms with E-state index in [1.807, 2.05) is 6.20 Å². The minimum absolute atomic E-state index is 0.570. The van der Waals surface area contributed by atoms with Crippen LogP contribution in [0.25, 0.3) is 0 Å². The van der Waals surface area contributed by atoms with Crippen molar-refractivity contribution >= 4 is 5.82 Å². The highest BCUT2D eigenvalue weighted by molar-refractivity contribution is 5.47.